The van der Waals surface area contributed by atoms with Crippen molar-refractivity contribution in [3.05, 3.63) is 0 Å². The zero-order valence-corrected chi connectivity index (χ0v) is 53.0. The summed E-state index contributed by atoms with van der Waals surface area (Å²) in [6.07, 6.45) is 58.7. The maximum Gasteiger partial charge on any atom is 0.337 e. The normalized spacial score (nSPS) is 12.4. The molecule has 0 bridgehead atoms. The van der Waals surface area contributed by atoms with Gasteiger partial charge in [0.15, 0.2) is 11.7 Å². The van der Waals surface area contributed by atoms with E-state index < -0.39 is 42.0 Å². The Morgan fingerprint density at radius 2 is 0.568 bits per heavy atom. The lowest BCUT2D eigenvalue weighted by atomic mass is 9.81. The maximum atomic E-state index is 12.8. The summed E-state index contributed by atoms with van der Waals surface area (Å²) in [5.41, 5.74) is -2.77. The number of carbonyl (C=O) groups excluding carboxylic acids is 3. The molecule has 0 heterocycles. The lowest BCUT2D eigenvalue weighted by Crippen LogP contribution is -2.50. The number of esters is 3. The molecule has 13 nitrogen and oxygen atoms in total. The molecule has 0 spiro atoms. The summed E-state index contributed by atoms with van der Waals surface area (Å²) in [5.74, 6) is -7.34. The van der Waals surface area contributed by atoms with Gasteiger partial charge in [0.05, 0.1) is 12.3 Å². The summed E-state index contributed by atoms with van der Waals surface area (Å²) in [4.78, 5) is 70.6. The number of carboxylic acid groups (broad SMARTS) is 3. The lowest BCUT2D eigenvalue weighted by Gasteiger charge is -2.28. The number of carboxylic acids is 3. The summed E-state index contributed by atoms with van der Waals surface area (Å²) < 4.78 is 16.9. The first-order valence-corrected chi connectivity index (χ1v) is 34.2. The predicted molar refractivity (Wildman–Crippen MR) is 331 cm³/mol. The molecule has 2 unspecified atom stereocenters. The van der Waals surface area contributed by atoms with Gasteiger partial charge in [-0.1, -0.05) is 317 Å². The predicted octanol–water partition coefficient (Wildman–Crippen LogP) is 19.3. The van der Waals surface area contributed by atoms with E-state index in [2.05, 4.69) is 20.8 Å². The number of aliphatic carboxylic acids is 3. The van der Waals surface area contributed by atoms with Crippen molar-refractivity contribution in [1.29, 1.82) is 0 Å². The first-order chi connectivity index (χ1) is 39.3. The maximum absolute atomic E-state index is 12.8. The molecule has 478 valence electrons. The Balaban J connectivity index is 0. The van der Waals surface area contributed by atoms with Crippen LogP contribution in [-0.2, 0) is 43.0 Å². The van der Waals surface area contributed by atoms with Gasteiger partial charge in [-0.05, 0) is 25.7 Å². The zero-order valence-electron chi connectivity index (χ0n) is 53.0. The van der Waals surface area contributed by atoms with Crippen molar-refractivity contribution < 1.29 is 63.4 Å². The van der Waals surface area contributed by atoms with Crippen LogP contribution in [-0.4, -0.2) is 81.2 Å². The molecule has 0 saturated heterocycles. The Hall–Kier alpha value is -3.22. The molecule has 0 saturated carbocycles. The summed E-state index contributed by atoms with van der Waals surface area (Å²) >= 11 is 0. The van der Waals surface area contributed by atoms with E-state index in [1.165, 1.54) is 231 Å². The molecule has 0 aromatic rings. The van der Waals surface area contributed by atoms with Gasteiger partial charge in [-0.15, -0.1) is 0 Å². The molecule has 0 aromatic heterocycles. The molecule has 0 rings (SSSR count). The van der Waals surface area contributed by atoms with E-state index in [9.17, 15) is 33.9 Å². The summed E-state index contributed by atoms with van der Waals surface area (Å²) in [6.45, 7) is 8.59. The molecular weight excluding hydrogens is 1020 g/mol. The van der Waals surface area contributed by atoms with Gasteiger partial charge in [-0.25, -0.2) is 4.79 Å². The lowest BCUT2D eigenvalue weighted by molar-refractivity contribution is -0.179. The molecule has 0 aromatic carbocycles. The van der Waals surface area contributed by atoms with Gasteiger partial charge in [0.2, 0.25) is 0 Å². The van der Waals surface area contributed by atoms with Crippen LogP contribution in [0.1, 0.15) is 368 Å². The van der Waals surface area contributed by atoms with Gasteiger partial charge in [0.25, 0.3) is 0 Å². The van der Waals surface area contributed by atoms with E-state index in [4.69, 9.17) is 29.5 Å². The third-order valence-corrected chi connectivity index (χ3v) is 15.9. The van der Waals surface area contributed by atoms with E-state index in [0.717, 1.165) is 64.2 Å². The Kier molecular flexibility index (Phi) is 60.5. The second kappa shape index (κ2) is 61.3. The SMILES string of the molecule is CCCCCC(C(=O)O)C(O)(CC(=O)O)C(=O)O.CCCCCCCCCCCCCCCCCC(=O)OCC(COC(=O)CCCCCCCCCCCCCCCCC)OC(=O)CCCCCCCCCCCCCCCCC. The number of ether oxygens (including phenoxy) is 3. The van der Waals surface area contributed by atoms with Crippen molar-refractivity contribution >= 4 is 35.8 Å². The highest BCUT2D eigenvalue weighted by Crippen LogP contribution is 2.28. The molecule has 0 aliphatic carbocycles. The summed E-state index contributed by atoms with van der Waals surface area (Å²) in [5, 5.41) is 36.2. The minimum absolute atomic E-state index is 0.0611. The van der Waals surface area contributed by atoms with Gasteiger partial charge in [0, 0.05) is 19.3 Å². The quantitative estimate of drug-likeness (QED) is 0.0254. The topological polar surface area (TPSA) is 211 Å². The molecule has 4 N–H and O–H groups in total. The van der Waals surface area contributed by atoms with Crippen LogP contribution in [0.5, 0.6) is 0 Å². The smallest absolute Gasteiger partial charge is 0.337 e. The van der Waals surface area contributed by atoms with Crippen molar-refractivity contribution in [3.63, 3.8) is 0 Å². The Labute approximate surface area is 496 Å². The fourth-order valence-corrected chi connectivity index (χ4v) is 10.5. The number of unbranched alkanes of at least 4 members (excludes halogenated alkanes) is 44. The largest absolute Gasteiger partial charge is 0.481 e. The molecule has 0 amide bonds. The molecule has 81 heavy (non-hydrogen) atoms. The van der Waals surface area contributed by atoms with Gasteiger partial charge in [-0.3, -0.25) is 24.0 Å². The number of hydrogen-bond acceptors (Lipinski definition) is 10. The fourth-order valence-electron chi connectivity index (χ4n) is 10.5. The van der Waals surface area contributed by atoms with Crippen LogP contribution in [0.25, 0.3) is 0 Å². The number of rotatable bonds is 62. The monoisotopic (exact) mass is 1150 g/mol. The molecule has 0 fully saturated rings. The highest BCUT2D eigenvalue weighted by atomic mass is 16.6. The van der Waals surface area contributed by atoms with Gasteiger partial charge >= 0.3 is 35.8 Å². The van der Waals surface area contributed by atoms with Crippen LogP contribution < -0.4 is 0 Å². The van der Waals surface area contributed by atoms with Gasteiger partial charge in [0.1, 0.15) is 13.2 Å². The molecular formula is C68H128O13. The Morgan fingerprint density at radius 1 is 0.333 bits per heavy atom. The first-order valence-electron chi connectivity index (χ1n) is 34.2. The van der Waals surface area contributed by atoms with E-state index in [1.807, 2.05) is 6.92 Å². The van der Waals surface area contributed by atoms with Gasteiger partial charge < -0.3 is 34.6 Å². The highest BCUT2D eigenvalue weighted by molar-refractivity contribution is 5.89. The van der Waals surface area contributed by atoms with E-state index in [-0.39, 0.29) is 37.5 Å². The van der Waals surface area contributed by atoms with Crippen LogP contribution in [0.4, 0.5) is 0 Å². The molecule has 0 radical (unpaired) electrons. The fraction of sp³-hybridized carbons (Fsp3) is 0.912. The van der Waals surface area contributed by atoms with Crippen molar-refractivity contribution in [3.8, 4) is 0 Å². The average Bonchev–Trinajstić information content (AvgIpc) is 3.49. The molecule has 2 atom stereocenters. The van der Waals surface area contributed by atoms with Crippen molar-refractivity contribution in [1.82, 2.24) is 0 Å². The minimum atomic E-state index is -2.77. The van der Waals surface area contributed by atoms with Crippen LogP contribution in [0.3, 0.4) is 0 Å². The van der Waals surface area contributed by atoms with Crippen molar-refractivity contribution in [2.75, 3.05) is 13.2 Å². The third-order valence-electron chi connectivity index (χ3n) is 15.9. The van der Waals surface area contributed by atoms with Crippen LogP contribution in [0.2, 0.25) is 0 Å². The third kappa shape index (κ3) is 55.7. The first kappa shape index (κ1) is 79.8. The molecule has 13 heteroatoms. The standard InChI is InChI=1S/C57H110O6.C11H18O7/c1-4-7-10-13-16-19-22-25-28-31-34-37-40-43-46-49-55(58)61-52-54(63-57(60)51-48-45-42-39-36-33-30-27-24-21-18-15-12-9-6-3)53-62-56(59)50-47-44-41-38-35-32-29-26-23-20-17-14-11-8-5-2;1-2-3-4-5-7(9(14)15)11(18,10(16)17)6-8(12)13/h54H,4-53H2,1-3H3;7,18H,2-6H2,1H3,(H,12,13)(H,14,15)(H,16,17). The highest BCUT2D eigenvalue weighted by Gasteiger charge is 2.49. The van der Waals surface area contributed by atoms with Crippen molar-refractivity contribution in [2.45, 2.75) is 380 Å². The number of hydrogen-bond donors (Lipinski definition) is 4. The zero-order chi connectivity index (χ0) is 60.1. The van der Waals surface area contributed by atoms with Crippen molar-refractivity contribution in [2.24, 2.45) is 5.92 Å². The van der Waals surface area contributed by atoms with E-state index in [0.29, 0.717) is 32.1 Å². The second-order valence-electron chi connectivity index (χ2n) is 23.8. The van der Waals surface area contributed by atoms with Gasteiger partial charge in [-0.2, -0.15) is 0 Å². The van der Waals surface area contributed by atoms with E-state index >= 15 is 0 Å². The molecule has 0 aliphatic heterocycles. The number of carbonyl (C=O) groups is 6. The van der Waals surface area contributed by atoms with E-state index in [1.54, 1.807) is 0 Å². The molecule has 0 aliphatic rings. The summed E-state index contributed by atoms with van der Waals surface area (Å²) in [7, 11) is 0. The Bertz CT molecular complexity index is 1400. The average molecular weight is 1150 g/mol. The summed E-state index contributed by atoms with van der Waals surface area (Å²) in [6, 6.07) is 0. The van der Waals surface area contributed by atoms with Crippen LogP contribution in [0, 0.1) is 5.92 Å². The van der Waals surface area contributed by atoms with Crippen LogP contribution >= 0.6 is 0 Å². The minimum Gasteiger partial charge on any atom is -0.481 e. The van der Waals surface area contributed by atoms with Crippen LogP contribution in [0.15, 0.2) is 0 Å². The Morgan fingerprint density at radius 3 is 0.802 bits per heavy atom. The number of aliphatic hydroxyl groups is 1. The second-order valence-corrected chi connectivity index (χ2v) is 23.8.